The van der Waals surface area contributed by atoms with Crippen molar-refractivity contribution in [1.82, 2.24) is 0 Å². The predicted octanol–water partition coefficient (Wildman–Crippen LogP) is 5.77. The SMILES string of the molecule is COc1ccc(C2CC(=O)C3=C(C2)N=C(C)C(C(=O)OCCc2ccccc2)C3c2cccc(O)c2)cc1OC. The minimum absolute atomic E-state index is 0.0623. The van der Waals surface area contributed by atoms with Gasteiger partial charge in [0.2, 0.25) is 0 Å². The van der Waals surface area contributed by atoms with Crippen molar-refractivity contribution in [2.45, 2.75) is 38.0 Å². The van der Waals surface area contributed by atoms with Gasteiger partial charge >= 0.3 is 5.97 Å². The molecule has 40 heavy (non-hydrogen) atoms. The molecule has 3 unspecified atom stereocenters. The molecule has 0 saturated carbocycles. The number of allylic oxidation sites excluding steroid dienone is 2. The van der Waals surface area contributed by atoms with Gasteiger partial charge in [0.05, 0.1) is 20.8 Å². The number of methoxy groups -OCH3 is 2. The molecule has 0 radical (unpaired) electrons. The molecule has 206 valence electrons. The van der Waals surface area contributed by atoms with Crippen molar-refractivity contribution in [2.24, 2.45) is 10.9 Å². The fourth-order valence-corrected chi connectivity index (χ4v) is 5.79. The molecule has 3 atom stereocenters. The largest absolute Gasteiger partial charge is 0.508 e. The molecule has 1 N–H and O–H groups in total. The van der Waals surface area contributed by atoms with Crippen molar-refractivity contribution >= 4 is 17.5 Å². The third-order valence-corrected chi connectivity index (χ3v) is 7.73. The van der Waals surface area contributed by atoms with E-state index >= 15 is 0 Å². The van der Waals surface area contributed by atoms with Crippen LogP contribution in [0.1, 0.15) is 48.3 Å². The van der Waals surface area contributed by atoms with Gasteiger partial charge in [0.1, 0.15) is 11.7 Å². The second-order valence-electron chi connectivity index (χ2n) is 10.2. The van der Waals surface area contributed by atoms with Gasteiger partial charge in [0.25, 0.3) is 0 Å². The minimum Gasteiger partial charge on any atom is -0.508 e. The van der Waals surface area contributed by atoms with E-state index in [9.17, 15) is 14.7 Å². The van der Waals surface area contributed by atoms with Gasteiger partial charge in [-0.1, -0.05) is 48.5 Å². The van der Waals surface area contributed by atoms with Gasteiger partial charge in [-0.3, -0.25) is 14.6 Å². The number of carbonyl (C=O) groups excluding carboxylic acids is 2. The Labute approximate surface area is 234 Å². The molecule has 1 aliphatic carbocycles. The van der Waals surface area contributed by atoms with E-state index in [-0.39, 0.29) is 30.5 Å². The Morgan fingerprint density at radius 1 is 0.925 bits per heavy atom. The van der Waals surface area contributed by atoms with Crippen LogP contribution in [0.5, 0.6) is 17.2 Å². The summed E-state index contributed by atoms with van der Waals surface area (Å²) >= 11 is 0. The molecule has 0 bridgehead atoms. The number of benzene rings is 3. The van der Waals surface area contributed by atoms with Crippen molar-refractivity contribution in [3.8, 4) is 17.2 Å². The van der Waals surface area contributed by atoms with Crippen molar-refractivity contribution in [3.63, 3.8) is 0 Å². The fraction of sp³-hybridized carbons (Fsp3) is 0.303. The van der Waals surface area contributed by atoms with Crippen LogP contribution < -0.4 is 9.47 Å². The van der Waals surface area contributed by atoms with E-state index < -0.39 is 17.8 Å². The molecule has 1 heterocycles. The number of ether oxygens (including phenoxy) is 3. The topological polar surface area (TPSA) is 94.4 Å². The average Bonchev–Trinajstić information content (AvgIpc) is 2.96. The van der Waals surface area contributed by atoms with E-state index in [0.717, 1.165) is 11.1 Å². The normalized spacial score (nSPS) is 20.4. The Morgan fingerprint density at radius 3 is 2.42 bits per heavy atom. The molecule has 0 spiro atoms. The molecule has 7 nitrogen and oxygen atoms in total. The summed E-state index contributed by atoms with van der Waals surface area (Å²) in [6.07, 6.45) is 1.40. The molecule has 5 rings (SSSR count). The van der Waals surface area contributed by atoms with Gasteiger partial charge in [-0.05, 0) is 60.2 Å². The summed E-state index contributed by atoms with van der Waals surface area (Å²) in [6, 6.07) is 22.3. The van der Waals surface area contributed by atoms with E-state index in [1.54, 1.807) is 32.4 Å². The van der Waals surface area contributed by atoms with Crippen LogP contribution in [0.2, 0.25) is 0 Å². The summed E-state index contributed by atoms with van der Waals surface area (Å²) in [6.45, 7) is 2.04. The first-order chi connectivity index (χ1) is 19.4. The number of aromatic hydroxyl groups is 1. The molecule has 2 aliphatic rings. The Morgan fingerprint density at radius 2 is 1.70 bits per heavy atom. The monoisotopic (exact) mass is 539 g/mol. The van der Waals surface area contributed by atoms with E-state index in [4.69, 9.17) is 19.2 Å². The highest BCUT2D eigenvalue weighted by Gasteiger charge is 2.45. The maximum Gasteiger partial charge on any atom is 0.315 e. The fourth-order valence-electron chi connectivity index (χ4n) is 5.79. The third kappa shape index (κ3) is 5.50. The van der Waals surface area contributed by atoms with E-state index in [2.05, 4.69) is 0 Å². The standard InChI is InChI=1S/C33H33NO6/c1-20-30(33(37)40-15-14-21-8-5-4-6-9-21)31(23-10-7-11-25(35)16-23)32-26(34-20)17-24(18-27(32)36)22-12-13-28(38-2)29(19-22)39-3/h4-13,16,19,24,30-31,35H,14-15,17-18H2,1-3H3. The van der Waals surface area contributed by atoms with Crippen molar-refractivity contribution in [1.29, 1.82) is 0 Å². The van der Waals surface area contributed by atoms with E-state index in [1.807, 2.05) is 61.5 Å². The number of hydrogen-bond acceptors (Lipinski definition) is 7. The number of ketones is 1. The van der Waals surface area contributed by atoms with Crippen LogP contribution in [0.4, 0.5) is 0 Å². The Kier molecular flexibility index (Phi) is 8.01. The molecule has 0 amide bonds. The first-order valence-corrected chi connectivity index (χ1v) is 13.4. The van der Waals surface area contributed by atoms with Crippen molar-refractivity contribution in [2.75, 3.05) is 20.8 Å². The maximum absolute atomic E-state index is 13.8. The van der Waals surface area contributed by atoms with Crippen molar-refractivity contribution in [3.05, 3.63) is 101 Å². The summed E-state index contributed by atoms with van der Waals surface area (Å²) < 4.78 is 16.6. The maximum atomic E-state index is 13.8. The number of esters is 1. The van der Waals surface area contributed by atoms with E-state index in [1.165, 1.54) is 0 Å². The number of rotatable bonds is 8. The van der Waals surface area contributed by atoms with Crippen molar-refractivity contribution < 1.29 is 28.9 Å². The third-order valence-electron chi connectivity index (χ3n) is 7.73. The molecule has 0 aromatic heterocycles. The zero-order valence-electron chi connectivity index (χ0n) is 22.9. The van der Waals surface area contributed by atoms with Crippen LogP contribution in [0.3, 0.4) is 0 Å². The Hall–Kier alpha value is -4.39. The average molecular weight is 540 g/mol. The number of Topliss-reactive ketones (excluding diaryl/α,β-unsaturated/α-hetero) is 1. The molecular formula is C33H33NO6. The van der Waals surface area contributed by atoms with Gasteiger partial charge in [-0.2, -0.15) is 0 Å². The van der Waals surface area contributed by atoms with Gasteiger partial charge in [0.15, 0.2) is 17.3 Å². The molecule has 1 aliphatic heterocycles. The molecule has 7 heteroatoms. The number of hydrogen-bond donors (Lipinski definition) is 1. The minimum atomic E-state index is -0.766. The first-order valence-electron chi connectivity index (χ1n) is 13.4. The van der Waals surface area contributed by atoms with Crippen LogP contribution in [-0.2, 0) is 20.7 Å². The molecular weight excluding hydrogens is 506 g/mol. The zero-order valence-corrected chi connectivity index (χ0v) is 22.9. The summed E-state index contributed by atoms with van der Waals surface area (Å²) in [5, 5.41) is 10.3. The highest BCUT2D eigenvalue weighted by molar-refractivity contribution is 6.09. The second kappa shape index (κ2) is 11.8. The van der Waals surface area contributed by atoms with Gasteiger partial charge < -0.3 is 19.3 Å². The Bertz CT molecular complexity index is 1480. The number of phenols is 1. The zero-order chi connectivity index (χ0) is 28.2. The Balaban J connectivity index is 1.46. The lowest BCUT2D eigenvalue weighted by Crippen LogP contribution is -2.38. The first kappa shape index (κ1) is 27.2. The number of carbonyl (C=O) groups is 2. The second-order valence-corrected chi connectivity index (χ2v) is 10.2. The van der Waals surface area contributed by atoms with Crippen LogP contribution in [0, 0.1) is 5.92 Å². The predicted molar refractivity (Wildman–Crippen MR) is 152 cm³/mol. The highest BCUT2D eigenvalue weighted by atomic mass is 16.5. The lowest BCUT2D eigenvalue weighted by Gasteiger charge is -2.36. The number of phenolic OH excluding ortho intramolecular Hbond substituents is 1. The summed E-state index contributed by atoms with van der Waals surface area (Å²) in [5.74, 6) is -0.645. The molecule has 0 fully saturated rings. The van der Waals surface area contributed by atoms with Crippen LogP contribution in [0.25, 0.3) is 0 Å². The van der Waals surface area contributed by atoms with Crippen LogP contribution in [-0.4, -0.2) is 43.4 Å². The number of nitrogens with zero attached hydrogens (tertiary/aromatic N) is 1. The lowest BCUT2D eigenvalue weighted by atomic mass is 9.69. The molecule has 0 saturated heterocycles. The molecule has 3 aromatic carbocycles. The summed E-state index contributed by atoms with van der Waals surface area (Å²) in [5.41, 5.74) is 4.51. The number of aliphatic imine (C=N–C) groups is 1. The lowest BCUT2D eigenvalue weighted by molar-refractivity contribution is -0.146. The quantitative estimate of drug-likeness (QED) is 0.365. The summed E-state index contributed by atoms with van der Waals surface area (Å²) in [4.78, 5) is 32.2. The smallest absolute Gasteiger partial charge is 0.315 e. The highest BCUT2D eigenvalue weighted by Crippen LogP contribution is 2.47. The van der Waals surface area contributed by atoms with Crippen LogP contribution in [0.15, 0.2) is 89.1 Å². The van der Waals surface area contributed by atoms with Gasteiger partial charge in [-0.25, -0.2) is 0 Å². The molecule has 3 aromatic rings. The van der Waals surface area contributed by atoms with Gasteiger partial charge in [-0.15, -0.1) is 0 Å². The van der Waals surface area contributed by atoms with E-state index in [0.29, 0.717) is 46.9 Å². The van der Waals surface area contributed by atoms with Gasteiger partial charge in [0, 0.05) is 35.7 Å². The summed E-state index contributed by atoms with van der Waals surface area (Å²) in [7, 11) is 3.17. The van der Waals surface area contributed by atoms with Crippen LogP contribution >= 0.6 is 0 Å².